The quantitative estimate of drug-likeness (QED) is 0.298. The van der Waals surface area contributed by atoms with Crippen molar-refractivity contribution in [1.29, 1.82) is 0 Å². The first-order valence-electron chi connectivity index (χ1n) is 9.88. The summed E-state index contributed by atoms with van der Waals surface area (Å²) in [4.78, 5) is 9.58. The Morgan fingerprint density at radius 2 is 1.82 bits per heavy atom. The molecule has 0 saturated carbocycles. The van der Waals surface area contributed by atoms with E-state index in [-0.39, 0.29) is 0 Å². The number of methoxy groups -OCH3 is 3. The molecular weight excluding hydrogens is 504 g/mol. The highest BCUT2D eigenvalue weighted by Gasteiger charge is 2.14. The maximum Gasteiger partial charge on any atom is 0.211 e. The Balaban J connectivity index is 1.92. The maximum atomic E-state index is 5.61. The first kappa shape index (κ1) is 22.8. The number of benzene rings is 2. The van der Waals surface area contributed by atoms with Crippen LogP contribution in [0.4, 0.5) is 5.69 Å². The zero-order valence-corrected chi connectivity index (χ0v) is 20.6. The van der Waals surface area contributed by atoms with E-state index in [9.17, 15) is 0 Å². The van der Waals surface area contributed by atoms with E-state index in [2.05, 4.69) is 20.9 Å². The molecule has 2 heterocycles. The van der Waals surface area contributed by atoms with E-state index in [4.69, 9.17) is 24.3 Å². The third kappa shape index (κ3) is 5.15. The lowest BCUT2D eigenvalue weighted by molar-refractivity contribution is 0.404. The van der Waals surface area contributed by atoms with Gasteiger partial charge in [0.15, 0.2) is 0 Å². The lowest BCUT2D eigenvalue weighted by Crippen LogP contribution is -2.12. The lowest BCUT2D eigenvalue weighted by Gasteiger charge is -2.11. The standard InChI is InChI=1S/C24H21BrN4O3S/c1-30-19-7-9-23(32-3)20(12-19)21-15-33-24(28-18-5-4-10-26-14-18)29(21)27-13-16-11-17(25)6-8-22(16)31-2/h4-15H,1-3H3. The Morgan fingerprint density at radius 1 is 1.00 bits per heavy atom. The highest BCUT2D eigenvalue weighted by atomic mass is 79.9. The van der Waals surface area contributed by atoms with Gasteiger partial charge in [-0.15, -0.1) is 11.3 Å². The van der Waals surface area contributed by atoms with Crippen LogP contribution in [0.1, 0.15) is 5.56 Å². The van der Waals surface area contributed by atoms with Gasteiger partial charge in [-0.3, -0.25) is 4.98 Å². The second-order valence-corrected chi connectivity index (χ2v) is 8.49. The number of hydrogen-bond donors (Lipinski definition) is 0. The monoisotopic (exact) mass is 524 g/mol. The summed E-state index contributed by atoms with van der Waals surface area (Å²) in [6.07, 6.45) is 5.16. The minimum Gasteiger partial charge on any atom is -0.497 e. The van der Waals surface area contributed by atoms with Gasteiger partial charge < -0.3 is 14.2 Å². The summed E-state index contributed by atoms with van der Waals surface area (Å²) in [6.45, 7) is 0. The predicted molar refractivity (Wildman–Crippen MR) is 134 cm³/mol. The SMILES string of the molecule is COc1ccc(OC)c(-c2csc(=Nc3cccnc3)n2N=Cc2cc(Br)ccc2OC)c1. The Morgan fingerprint density at radius 3 is 2.55 bits per heavy atom. The fourth-order valence-electron chi connectivity index (χ4n) is 3.14. The molecule has 0 unspecified atom stereocenters. The van der Waals surface area contributed by atoms with Crippen LogP contribution in [0.15, 0.2) is 80.9 Å². The highest BCUT2D eigenvalue weighted by Crippen LogP contribution is 2.34. The molecule has 9 heteroatoms. The van der Waals surface area contributed by atoms with Crippen LogP contribution in [0.5, 0.6) is 17.2 Å². The molecule has 33 heavy (non-hydrogen) atoms. The van der Waals surface area contributed by atoms with Crippen LogP contribution in [0.2, 0.25) is 0 Å². The van der Waals surface area contributed by atoms with Crippen molar-refractivity contribution < 1.29 is 14.2 Å². The summed E-state index contributed by atoms with van der Waals surface area (Å²) in [6, 6.07) is 15.1. The number of hydrogen-bond acceptors (Lipinski definition) is 7. The van der Waals surface area contributed by atoms with Crippen molar-refractivity contribution in [3.63, 3.8) is 0 Å². The van der Waals surface area contributed by atoms with E-state index in [1.807, 2.05) is 53.9 Å². The Labute approximate surface area is 203 Å². The first-order chi connectivity index (χ1) is 16.1. The van der Waals surface area contributed by atoms with Crippen LogP contribution in [0.25, 0.3) is 11.3 Å². The average Bonchev–Trinajstić information content (AvgIpc) is 3.25. The number of nitrogens with zero attached hydrogens (tertiary/aromatic N) is 4. The fraction of sp³-hybridized carbons (Fsp3) is 0.125. The third-order valence-corrected chi connectivity index (χ3v) is 6.05. The molecule has 0 atom stereocenters. The van der Waals surface area contributed by atoms with Crippen LogP contribution < -0.4 is 19.0 Å². The van der Waals surface area contributed by atoms with Crippen molar-refractivity contribution in [1.82, 2.24) is 9.66 Å². The van der Waals surface area contributed by atoms with Gasteiger partial charge in [0.2, 0.25) is 4.80 Å². The van der Waals surface area contributed by atoms with Gasteiger partial charge >= 0.3 is 0 Å². The van der Waals surface area contributed by atoms with Crippen molar-refractivity contribution in [2.24, 2.45) is 10.1 Å². The minimum absolute atomic E-state index is 0.674. The topological polar surface area (TPSA) is 70.2 Å². The molecule has 0 aliphatic heterocycles. The summed E-state index contributed by atoms with van der Waals surface area (Å²) in [5, 5.41) is 6.77. The number of ether oxygens (including phenoxy) is 3. The van der Waals surface area contributed by atoms with Gasteiger partial charge in [0, 0.05) is 27.2 Å². The van der Waals surface area contributed by atoms with E-state index >= 15 is 0 Å². The smallest absolute Gasteiger partial charge is 0.211 e. The highest BCUT2D eigenvalue weighted by molar-refractivity contribution is 9.10. The number of rotatable bonds is 7. The van der Waals surface area contributed by atoms with Crippen LogP contribution in [-0.2, 0) is 0 Å². The molecule has 0 radical (unpaired) electrons. The van der Waals surface area contributed by atoms with Gasteiger partial charge in [0.25, 0.3) is 0 Å². The summed E-state index contributed by atoms with van der Waals surface area (Å²) in [7, 11) is 4.90. The molecule has 2 aromatic carbocycles. The summed E-state index contributed by atoms with van der Waals surface area (Å²) in [5.74, 6) is 2.13. The largest absolute Gasteiger partial charge is 0.497 e. The lowest BCUT2D eigenvalue weighted by atomic mass is 10.1. The average molecular weight is 525 g/mol. The number of thiazole rings is 1. The van der Waals surface area contributed by atoms with Crippen molar-refractivity contribution in [3.05, 3.63) is 81.1 Å². The maximum absolute atomic E-state index is 5.61. The van der Waals surface area contributed by atoms with E-state index in [0.717, 1.165) is 27.0 Å². The fourth-order valence-corrected chi connectivity index (χ4v) is 4.37. The number of aromatic nitrogens is 2. The molecule has 0 saturated heterocycles. The molecule has 0 bridgehead atoms. The molecular formula is C24H21BrN4O3S. The molecule has 7 nitrogen and oxygen atoms in total. The van der Waals surface area contributed by atoms with E-state index in [1.165, 1.54) is 11.3 Å². The number of halogens is 1. The van der Waals surface area contributed by atoms with Gasteiger partial charge in [0.05, 0.1) is 45.1 Å². The van der Waals surface area contributed by atoms with Crippen molar-refractivity contribution in [3.8, 4) is 28.5 Å². The minimum atomic E-state index is 0.674. The van der Waals surface area contributed by atoms with Crippen LogP contribution >= 0.6 is 27.3 Å². The predicted octanol–water partition coefficient (Wildman–Crippen LogP) is 5.51. The molecule has 4 aromatic rings. The van der Waals surface area contributed by atoms with Gasteiger partial charge in [-0.05, 0) is 48.5 Å². The normalized spacial score (nSPS) is 11.7. The second kappa shape index (κ2) is 10.5. The Kier molecular flexibility index (Phi) is 7.21. The van der Waals surface area contributed by atoms with Gasteiger partial charge in [-0.1, -0.05) is 15.9 Å². The van der Waals surface area contributed by atoms with Crippen molar-refractivity contribution >= 4 is 39.2 Å². The zero-order valence-electron chi connectivity index (χ0n) is 18.2. The zero-order chi connectivity index (χ0) is 23.2. The summed E-state index contributed by atoms with van der Waals surface area (Å²) in [5.41, 5.74) is 3.19. The first-order valence-corrected chi connectivity index (χ1v) is 11.6. The summed E-state index contributed by atoms with van der Waals surface area (Å²) >= 11 is 4.98. The molecule has 0 N–H and O–H groups in total. The van der Waals surface area contributed by atoms with Crippen LogP contribution in [-0.4, -0.2) is 37.2 Å². The van der Waals surface area contributed by atoms with Crippen LogP contribution in [0, 0.1) is 0 Å². The number of pyridine rings is 1. The van der Waals surface area contributed by atoms with Crippen LogP contribution in [0.3, 0.4) is 0 Å². The van der Waals surface area contributed by atoms with Gasteiger partial charge in [0.1, 0.15) is 17.2 Å². The molecule has 168 valence electrons. The molecule has 0 amide bonds. The summed E-state index contributed by atoms with van der Waals surface area (Å²) < 4.78 is 19.2. The molecule has 4 rings (SSSR count). The van der Waals surface area contributed by atoms with Gasteiger partial charge in [-0.25, -0.2) is 9.67 Å². The molecule has 0 spiro atoms. The van der Waals surface area contributed by atoms with Crippen molar-refractivity contribution in [2.75, 3.05) is 21.3 Å². The Bertz CT molecular complexity index is 1350. The molecule has 0 aliphatic rings. The third-order valence-electron chi connectivity index (χ3n) is 4.74. The van der Waals surface area contributed by atoms with E-state index in [1.54, 1.807) is 44.6 Å². The molecule has 0 aliphatic carbocycles. The van der Waals surface area contributed by atoms with E-state index < -0.39 is 0 Å². The van der Waals surface area contributed by atoms with E-state index in [0.29, 0.717) is 22.0 Å². The van der Waals surface area contributed by atoms with Gasteiger partial charge in [-0.2, -0.15) is 5.10 Å². The van der Waals surface area contributed by atoms with Crippen molar-refractivity contribution in [2.45, 2.75) is 0 Å². The Hall–Kier alpha value is -3.43. The second-order valence-electron chi connectivity index (χ2n) is 6.74. The molecule has 2 aromatic heterocycles. The molecule has 0 fully saturated rings.